The molecule has 4 heteroatoms. The monoisotopic (exact) mass is 279 g/mol. The molecule has 0 amide bonds. The first-order chi connectivity index (χ1) is 10.4. The fourth-order valence-corrected chi connectivity index (χ4v) is 2.05. The molecule has 0 saturated carbocycles. The summed E-state index contributed by atoms with van der Waals surface area (Å²) in [6.07, 6.45) is 1.81. The van der Waals surface area contributed by atoms with Gasteiger partial charge in [-0.3, -0.25) is 4.98 Å². The van der Waals surface area contributed by atoms with E-state index in [-0.39, 0.29) is 0 Å². The molecule has 1 aromatic heterocycles. The number of nitrogens with zero attached hydrogens (tertiary/aromatic N) is 2. The zero-order valence-corrected chi connectivity index (χ0v) is 11.7. The molecule has 0 bridgehead atoms. The summed E-state index contributed by atoms with van der Waals surface area (Å²) in [5.41, 5.74) is 2.79. The summed E-state index contributed by atoms with van der Waals surface area (Å²) in [6, 6.07) is 17.7. The van der Waals surface area contributed by atoms with Crippen molar-refractivity contribution in [3.8, 4) is 5.75 Å². The van der Waals surface area contributed by atoms with E-state index >= 15 is 0 Å². The lowest BCUT2D eigenvalue weighted by Crippen LogP contribution is -2.21. The van der Waals surface area contributed by atoms with Crippen LogP contribution in [0.4, 0.5) is 0 Å². The normalized spacial score (nSPS) is 10.7. The number of fused-ring (bicyclic) bond motifs is 1. The highest BCUT2D eigenvalue weighted by Crippen LogP contribution is 2.09. The summed E-state index contributed by atoms with van der Waals surface area (Å²) in [5, 5.41) is 3.31. The predicted molar refractivity (Wildman–Crippen MR) is 83.2 cm³/mol. The van der Waals surface area contributed by atoms with Gasteiger partial charge in [-0.1, -0.05) is 30.3 Å². The molecular formula is C17H17N3O. The smallest absolute Gasteiger partial charge is 0.119 e. The van der Waals surface area contributed by atoms with Crippen LogP contribution >= 0.6 is 0 Å². The van der Waals surface area contributed by atoms with Crippen molar-refractivity contribution >= 4 is 11.0 Å². The number of nitrogens with one attached hydrogen (secondary N) is 1. The molecule has 21 heavy (non-hydrogen) atoms. The second-order valence-electron chi connectivity index (χ2n) is 4.69. The lowest BCUT2D eigenvalue weighted by Gasteiger charge is -2.07. The summed E-state index contributed by atoms with van der Waals surface area (Å²) >= 11 is 0. The minimum absolute atomic E-state index is 0.630. The summed E-state index contributed by atoms with van der Waals surface area (Å²) in [7, 11) is 0. The largest absolute Gasteiger partial charge is 0.492 e. The van der Waals surface area contributed by atoms with Crippen molar-refractivity contribution in [3.05, 3.63) is 66.5 Å². The van der Waals surface area contributed by atoms with Crippen molar-refractivity contribution < 1.29 is 4.74 Å². The van der Waals surface area contributed by atoms with Gasteiger partial charge in [0.25, 0.3) is 0 Å². The van der Waals surface area contributed by atoms with Crippen molar-refractivity contribution in [1.29, 1.82) is 0 Å². The second kappa shape index (κ2) is 6.81. The topological polar surface area (TPSA) is 47.0 Å². The Labute approximate surface area is 123 Å². The predicted octanol–water partition coefficient (Wildman–Crippen LogP) is 2.80. The quantitative estimate of drug-likeness (QED) is 0.705. The summed E-state index contributed by atoms with van der Waals surface area (Å²) in [5.74, 6) is 0.893. The van der Waals surface area contributed by atoms with Crippen molar-refractivity contribution in [2.24, 2.45) is 0 Å². The molecular weight excluding hydrogens is 262 g/mol. The van der Waals surface area contributed by atoms with Crippen LogP contribution in [0.1, 0.15) is 5.69 Å². The Bertz CT molecular complexity index is 700. The van der Waals surface area contributed by atoms with E-state index in [1.54, 1.807) is 0 Å². The molecule has 1 heterocycles. The Morgan fingerprint density at radius 2 is 1.67 bits per heavy atom. The fourth-order valence-electron chi connectivity index (χ4n) is 2.05. The van der Waals surface area contributed by atoms with E-state index in [0.717, 1.165) is 29.0 Å². The number of hydrogen-bond acceptors (Lipinski definition) is 4. The van der Waals surface area contributed by atoms with Gasteiger partial charge < -0.3 is 10.1 Å². The van der Waals surface area contributed by atoms with Gasteiger partial charge >= 0.3 is 0 Å². The SMILES string of the molecule is c1ccc(OCCNCc2cnc3ccccc3n2)cc1. The maximum absolute atomic E-state index is 5.62. The van der Waals surface area contributed by atoms with Crippen molar-refractivity contribution in [2.45, 2.75) is 6.54 Å². The van der Waals surface area contributed by atoms with E-state index in [4.69, 9.17) is 4.74 Å². The first kappa shape index (κ1) is 13.5. The van der Waals surface area contributed by atoms with Crippen LogP contribution in [0.25, 0.3) is 11.0 Å². The van der Waals surface area contributed by atoms with E-state index in [0.29, 0.717) is 13.2 Å². The average Bonchev–Trinajstić information content (AvgIpc) is 2.55. The number of para-hydroxylation sites is 3. The Morgan fingerprint density at radius 3 is 2.52 bits per heavy atom. The van der Waals surface area contributed by atoms with E-state index in [9.17, 15) is 0 Å². The molecule has 3 aromatic rings. The highest BCUT2D eigenvalue weighted by Gasteiger charge is 1.99. The minimum atomic E-state index is 0.630. The molecule has 106 valence electrons. The van der Waals surface area contributed by atoms with Gasteiger partial charge in [0.15, 0.2) is 0 Å². The van der Waals surface area contributed by atoms with E-state index in [1.807, 2.05) is 60.8 Å². The van der Waals surface area contributed by atoms with Crippen LogP contribution in [0.2, 0.25) is 0 Å². The van der Waals surface area contributed by atoms with Gasteiger partial charge in [-0.15, -0.1) is 0 Å². The van der Waals surface area contributed by atoms with Crippen LogP contribution in [-0.4, -0.2) is 23.1 Å². The molecule has 2 aromatic carbocycles. The van der Waals surface area contributed by atoms with Crippen molar-refractivity contribution in [1.82, 2.24) is 15.3 Å². The molecule has 0 atom stereocenters. The van der Waals surface area contributed by atoms with Gasteiger partial charge in [0.2, 0.25) is 0 Å². The van der Waals surface area contributed by atoms with Gasteiger partial charge in [-0.25, -0.2) is 4.98 Å². The lowest BCUT2D eigenvalue weighted by atomic mass is 10.3. The Kier molecular flexibility index (Phi) is 4.39. The molecule has 0 aliphatic carbocycles. The first-order valence-electron chi connectivity index (χ1n) is 7.01. The van der Waals surface area contributed by atoms with Crippen LogP contribution < -0.4 is 10.1 Å². The molecule has 0 spiro atoms. The van der Waals surface area contributed by atoms with Crippen LogP contribution in [0.5, 0.6) is 5.75 Å². The first-order valence-corrected chi connectivity index (χ1v) is 7.01. The Balaban J connectivity index is 1.46. The minimum Gasteiger partial charge on any atom is -0.492 e. The fraction of sp³-hybridized carbons (Fsp3) is 0.176. The number of aromatic nitrogens is 2. The zero-order chi connectivity index (χ0) is 14.3. The molecule has 3 rings (SSSR count). The molecule has 0 unspecified atom stereocenters. The highest BCUT2D eigenvalue weighted by atomic mass is 16.5. The van der Waals surface area contributed by atoms with Gasteiger partial charge in [0, 0.05) is 13.1 Å². The highest BCUT2D eigenvalue weighted by molar-refractivity contribution is 5.73. The third-order valence-electron chi connectivity index (χ3n) is 3.10. The van der Waals surface area contributed by atoms with Crippen LogP contribution in [0.15, 0.2) is 60.8 Å². The Morgan fingerprint density at radius 1 is 0.905 bits per heavy atom. The second-order valence-corrected chi connectivity index (χ2v) is 4.69. The maximum Gasteiger partial charge on any atom is 0.119 e. The third-order valence-corrected chi connectivity index (χ3v) is 3.10. The van der Waals surface area contributed by atoms with Crippen LogP contribution in [-0.2, 0) is 6.54 Å². The molecule has 4 nitrogen and oxygen atoms in total. The van der Waals surface area contributed by atoms with E-state index < -0.39 is 0 Å². The van der Waals surface area contributed by atoms with Gasteiger partial charge in [-0.05, 0) is 24.3 Å². The molecule has 0 aliphatic heterocycles. The Hall–Kier alpha value is -2.46. The standard InChI is InChI=1S/C17H17N3O/c1-2-6-15(7-3-1)21-11-10-18-12-14-13-19-16-8-4-5-9-17(16)20-14/h1-9,13,18H,10-12H2. The lowest BCUT2D eigenvalue weighted by molar-refractivity contribution is 0.313. The molecule has 0 saturated heterocycles. The van der Waals surface area contributed by atoms with Gasteiger partial charge in [0.1, 0.15) is 12.4 Å². The molecule has 0 aliphatic rings. The van der Waals surface area contributed by atoms with Crippen molar-refractivity contribution in [2.75, 3.05) is 13.2 Å². The summed E-state index contributed by atoms with van der Waals surface area (Å²) in [6.45, 7) is 2.09. The zero-order valence-electron chi connectivity index (χ0n) is 11.7. The summed E-state index contributed by atoms with van der Waals surface area (Å²) < 4.78 is 5.62. The number of rotatable bonds is 6. The van der Waals surface area contributed by atoms with Gasteiger partial charge in [-0.2, -0.15) is 0 Å². The van der Waals surface area contributed by atoms with Gasteiger partial charge in [0.05, 0.1) is 22.9 Å². The van der Waals surface area contributed by atoms with E-state index in [2.05, 4.69) is 15.3 Å². The average molecular weight is 279 g/mol. The number of benzene rings is 2. The van der Waals surface area contributed by atoms with Crippen LogP contribution in [0, 0.1) is 0 Å². The maximum atomic E-state index is 5.62. The van der Waals surface area contributed by atoms with Crippen LogP contribution in [0.3, 0.4) is 0 Å². The molecule has 0 fully saturated rings. The number of hydrogen-bond donors (Lipinski definition) is 1. The summed E-state index contributed by atoms with van der Waals surface area (Å²) in [4.78, 5) is 8.96. The van der Waals surface area contributed by atoms with E-state index in [1.165, 1.54) is 0 Å². The molecule has 0 radical (unpaired) electrons. The van der Waals surface area contributed by atoms with Crippen molar-refractivity contribution in [3.63, 3.8) is 0 Å². The number of ether oxygens (including phenoxy) is 1. The third kappa shape index (κ3) is 3.77. The molecule has 1 N–H and O–H groups in total.